The second-order valence-corrected chi connectivity index (χ2v) is 9.57. The number of thioether (sulfide) groups is 1. The first-order valence-corrected chi connectivity index (χ1v) is 13.6. The van der Waals surface area contributed by atoms with Crippen LogP contribution in [0, 0.1) is 0 Å². The van der Waals surface area contributed by atoms with E-state index in [0.29, 0.717) is 40.6 Å². The van der Waals surface area contributed by atoms with Crippen molar-refractivity contribution < 1.29 is 29.3 Å². The number of aromatic hydroxyl groups is 1. The fourth-order valence-electron chi connectivity index (χ4n) is 4.22. The molecule has 0 saturated heterocycles. The van der Waals surface area contributed by atoms with Crippen LogP contribution in [0.4, 0.5) is 10.5 Å². The maximum absolute atomic E-state index is 13.2. The van der Waals surface area contributed by atoms with Crippen LogP contribution in [0.3, 0.4) is 0 Å². The number of amides is 1. The van der Waals surface area contributed by atoms with Gasteiger partial charge in [-0.05, 0) is 66.9 Å². The summed E-state index contributed by atoms with van der Waals surface area (Å²) in [5.74, 6) is -0.356. The number of hydrogen-bond donors (Lipinski definition) is 3. The second kappa shape index (κ2) is 13.4. The molecule has 0 unspecified atom stereocenters. The van der Waals surface area contributed by atoms with Crippen molar-refractivity contribution in [2.75, 3.05) is 11.6 Å². The molecular formula is C31H29NO6S. The number of aliphatic carboxylic acids is 1. The lowest BCUT2D eigenvalue weighted by molar-refractivity contribution is -0.131. The number of benzene rings is 4. The summed E-state index contributed by atoms with van der Waals surface area (Å²) in [6.45, 7) is 0. The molecule has 0 saturated carbocycles. The Kier molecular flexibility index (Phi) is 9.48. The fourth-order valence-corrected chi connectivity index (χ4v) is 4.63. The first-order chi connectivity index (χ1) is 18.9. The molecule has 0 aromatic heterocycles. The Bertz CT molecular complexity index is 1440. The molecule has 0 aliphatic carbocycles. The highest BCUT2D eigenvalue weighted by atomic mass is 32.2. The predicted molar refractivity (Wildman–Crippen MR) is 154 cm³/mol. The first-order valence-electron chi connectivity index (χ1n) is 12.4. The number of allylic oxidation sites excluding steroid dienone is 1. The lowest BCUT2D eigenvalue weighted by Crippen LogP contribution is -2.31. The zero-order valence-corrected chi connectivity index (χ0v) is 22.1. The van der Waals surface area contributed by atoms with Gasteiger partial charge in [0.15, 0.2) is 6.10 Å². The van der Waals surface area contributed by atoms with Gasteiger partial charge in [-0.1, -0.05) is 54.6 Å². The summed E-state index contributed by atoms with van der Waals surface area (Å²) in [6.07, 6.45) is 3.09. The number of para-hydroxylation sites is 1. The zero-order chi connectivity index (χ0) is 27.6. The molecular weight excluding hydrogens is 514 g/mol. The van der Waals surface area contributed by atoms with Crippen molar-refractivity contribution in [3.8, 4) is 11.5 Å². The molecule has 0 bridgehead atoms. The third-order valence-corrected chi connectivity index (χ3v) is 6.80. The normalized spacial score (nSPS) is 12.6. The molecule has 0 aliphatic heterocycles. The van der Waals surface area contributed by atoms with Crippen molar-refractivity contribution in [3.05, 3.63) is 109 Å². The topological polar surface area (TPSA) is 105 Å². The molecule has 0 radical (unpaired) electrons. The number of carbonyl (C=O) groups is 2. The van der Waals surface area contributed by atoms with Crippen molar-refractivity contribution in [1.29, 1.82) is 0 Å². The summed E-state index contributed by atoms with van der Waals surface area (Å²) in [5.41, 5.74) is 1.23. The number of ether oxygens (including phenoxy) is 2. The summed E-state index contributed by atoms with van der Waals surface area (Å²) < 4.78 is 12.4. The molecule has 200 valence electrons. The smallest absolute Gasteiger partial charge is 0.412 e. The third kappa shape index (κ3) is 7.55. The molecule has 0 fully saturated rings. The van der Waals surface area contributed by atoms with E-state index >= 15 is 0 Å². The van der Waals surface area contributed by atoms with Gasteiger partial charge in [0.05, 0.1) is 0 Å². The van der Waals surface area contributed by atoms with Crippen LogP contribution in [0.15, 0.2) is 108 Å². The minimum atomic E-state index is -1.04. The average molecular weight is 544 g/mol. The van der Waals surface area contributed by atoms with Gasteiger partial charge in [0.25, 0.3) is 0 Å². The molecule has 3 N–H and O–H groups in total. The monoisotopic (exact) mass is 543 g/mol. The zero-order valence-electron chi connectivity index (χ0n) is 21.3. The number of anilines is 1. The summed E-state index contributed by atoms with van der Waals surface area (Å²) in [4.78, 5) is 25.3. The van der Waals surface area contributed by atoms with Gasteiger partial charge in [0, 0.05) is 27.6 Å². The Balaban J connectivity index is 1.71. The summed E-state index contributed by atoms with van der Waals surface area (Å²) in [6, 6.07) is 27.2. The standard InChI is InChI=1S/C31H29NO6S/c1-39-23-17-15-21(16-18-23)32-31(36)38-30(26-19-20-27(33)25-12-6-5-11-24(25)26)28(13-7-8-14-29(34)35)37-22-9-3-2-4-10-22/h2-6,8-12,14-20,28,30,33H,7,13H2,1H3,(H,32,36)(H,34,35)/b14-8+/t28-,30-/m1/s1. The Morgan fingerprint density at radius 1 is 0.923 bits per heavy atom. The molecule has 4 aromatic carbocycles. The molecule has 0 spiro atoms. The van der Waals surface area contributed by atoms with E-state index in [2.05, 4.69) is 5.32 Å². The lowest BCUT2D eigenvalue weighted by Gasteiger charge is -2.29. The van der Waals surface area contributed by atoms with E-state index in [1.807, 2.05) is 54.8 Å². The van der Waals surface area contributed by atoms with E-state index in [-0.39, 0.29) is 5.75 Å². The number of fused-ring (bicyclic) bond motifs is 1. The molecule has 2 atom stereocenters. The Morgan fingerprint density at radius 3 is 2.31 bits per heavy atom. The Morgan fingerprint density at radius 2 is 1.62 bits per heavy atom. The Labute approximate surface area is 231 Å². The highest BCUT2D eigenvalue weighted by Gasteiger charge is 2.30. The number of phenols is 1. The number of rotatable bonds is 11. The van der Waals surface area contributed by atoms with Gasteiger partial charge in [-0.25, -0.2) is 9.59 Å². The average Bonchev–Trinajstić information content (AvgIpc) is 2.95. The molecule has 4 aromatic rings. The van der Waals surface area contributed by atoms with Gasteiger partial charge >= 0.3 is 12.1 Å². The van der Waals surface area contributed by atoms with Crippen LogP contribution >= 0.6 is 11.8 Å². The highest BCUT2D eigenvalue weighted by Crippen LogP contribution is 2.36. The number of nitrogens with one attached hydrogen (secondary N) is 1. The molecule has 0 aliphatic rings. The van der Waals surface area contributed by atoms with Gasteiger partial charge in [-0.15, -0.1) is 11.8 Å². The molecule has 4 rings (SSSR count). The number of carboxylic acid groups (broad SMARTS) is 1. The highest BCUT2D eigenvalue weighted by molar-refractivity contribution is 7.98. The van der Waals surface area contributed by atoms with Gasteiger partial charge in [0.1, 0.15) is 17.6 Å². The van der Waals surface area contributed by atoms with Crippen molar-refractivity contribution in [3.63, 3.8) is 0 Å². The van der Waals surface area contributed by atoms with Crippen molar-refractivity contribution in [2.45, 2.75) is 29.9 Å². The summed E-state index contributed by atoms with van der Waals surface area (Å²) in [7, 11) is 0. The van der Waals surface area contributed by atoms with E-state index in [9.17, 15) is 14.7 Å². The Hall–Kier alpha value is -4.43. The fraction of sp³-hybridized carbons (Fsp3) is 0.161. The second-order valence-electron chi connectivity index (χ2n) is 8.69. The van der Waals surface area contributed by atoms with Crippen molar-refractivity contribution in [2.24, 2.45) is 0 Å². The maximum atomic E-state index is 13.2. The van der Waals surface area contributed by atoms with Crippen LogP contribution < -0.4 is 10.1 Å². The molecule has 1 amide bonds. The van der Waals surface area contributed by atoms with E-state index in [4.69, 9.17) is 14.6 Å². The van der Waals surface area contributed by atoms with Gasteiger partial charge < -0.3 is 19.7 Å². The van der Waals surface area contributed by atoms with Crippen LogP contribution in [0.2, 0.25) is 0 Å². The van der Waals surface area contributed by atoms with E-state index in [1.165, 1.54) is 0 Å². The van der Waals surface area contributed by atoms with E-state index < -0.39 is 24.3 Å². The van der Waals surface area contributed by atoms with Gasteiger partial charge in [-0.2, -0.15) is 0 Å². The minimum Gasteiger partial charge on any atom is -0.507 e. The molecule has 39 heavy (non-hydrogen) atoms. The van der Waals surface area contributed by atoms with E-state index in [0.717, 1.165) is 11.0 Å². The van der Waals surface area contributed by atoms with Crippen LogP contribution in [0.25, 0.3) is 10.8 Å². The first kappa shape index (κ1) is 27.6. The molecule has 0 heterocycles. The van der Waals surface area contributed by atoms with Gasteiger partial charge in [-0.3, -0.25) is 5.32 Å². The number of phenolic OH excluding ortho intramolecular Hbond substituents is 1. The van der Waals surface area contributed by atoms with E-state index in [1.54, 1.807) is 60.3 Å². The van der Waals surface area contributed by atoms with Gasteiger partial charge in [0.2, 0.25) is 0 Å². The lowest BCUT2D eigenvalue weighted by atomic mass is 9.94. The van der Waals surface area contributed by atoms with Crippen molar-refractivity contribution in [1.82, 2.24) is 0 Å². The number of carboxylic acids is 1. The summed E-state index contributed by atoms with van der Waals surface area (Å²) >= 11 is 1.60. The minimum absolute atomic E-state index is 0.108. The van der Waals surface area contributed by atoms with Crippen LogP contribution in [-0.4, -0.2) is 34.6 Å². The molecule has 7 nitrogen and oxygen atoms in total. The van der Waals surface area contributed by atoms with Crippen LogP contribution in [-0.2, 0) is 9.53 Å². The van der Waals surface area contributed by atoms with Crippen LogP contribution in [0.5, 0.6) is 11.5 Å². The largest absolute Gasteiger partial charge is 0.507 e. The number of hydrogen-bond acceptors (Lipinski definition) is 6. The van der Waals surface area contributed by atoms with Crippen LogP contribution in [0.1, 0.15) is 24.5 Å². The van der Waals surface area contributed by atoms with Crippen molar-refractivity contribution >= 4 is 40.3 Å². The SMILES string of the molecule is CSc1ccc(NC(=O)O[C@H](c2ccc(O)c3ccccc23)[C@@H](CC/C=C/C(=O)O)Oc2ccccc2)cc1. The predicted octanol–water partition coefficient (Wildman–Crippen LogP) is 7.43. The third-order valence-electron chi connectivity index (χ3n) is 6.06. The summed E-state index contributed by atoms with van der Waals surface area (Å²) in [5, 5.41) is 23.6. The number of carbonyl (C=O) groups excluding carboxylic acids is 1. The quantitative estimate of drug-likeness (QED) is 0.133. The molecule has 8 heteroatoms. The maximum Gasteiger partial charge on any atom is 0.412 e.